The van der Waals surface area contributed by atoms with Crippen LogP contribution in [0.25, 0.3) is 0 Å². The lowest BCUT2D eigenvalue weighted by Gasteiger charge is -2.05. The Morgan fingerprint density at radius 3 is 2.86 bits per heavy atom. The van der Waals surface area contributed by atoms with E-state index in [0.717, 1.165) is 17.8 Å². The van der Waals surface area contributed by atoms with Gasteiger partial charge in [-0.3, -0.25) is 4.79 Å². The first kappa shape index (κ1) is 13.8. The molecular formula is C16H17FN2O2. The lowest BCUT2D eigenvalue weighted by molar-refractivity contribution is -0.145. The number of hydrogen-bond donors (Lipinski definition) is 0. The topological polar surface area (TPSA) is 44.1 Å². The molecule has 0 radical (unpaired) electrons. The minimum Gasteiger partial charge on any atom is -0.465 e. The van der Waals surface area contributed by atoms with Gasteiger partial charge in [0.15, 0.2) is 0 Å². The van der Waals surface area contributed by atoms with Crippen LogP contribution in [0.3, 0.4) is 0 Å². The summed E-state index contributed by atoms with van der Waals surface area (Å²) in [6, 6.07) is 6.33. The van der Waals surface area contributed by atoms with Crippen LogP contribution in [-0.2, 0) is 23.0 Å². The Kier molecular flexibility index (Phi) is 3.73. The van der Waals surface area contributed by atoms with Crippen molar-refractivity contribution < 1.29 is 13.9 Å². The normalized spacial score (nSPS) is 20.3. The van der Waals surface area contributed by atoms with Gasteiger partial charge < -0.3 is 9.30 Å². The number of nitrogens with zero attached hydrogens (tertiary/aromatic N) is 2. The third-order valence-electron chi connectivity index (χ3n) is 3.88. The fraction of sp³-hybridized carbons (Fsp3) is 0.375. The Morgan fingerprint density at radius 2 is 2.19 bits per heavy atom. The second kappa shape index (κ2) is 5.68. The van der Waals surface area contributed by atoms with Crippen LogP contribution in [0.4, 0.5) is 4.39 Å². The molecular weight excluding hydrogens is 271 g/mol. The first-order chi connectivity index (χ1) is 10.1. The Morgan fingerprint density at radius 1 is 1.43 bits per heavy atom. The maximum Gasteiger partial charge on any atom is 0.309 e. The monoisotopic (exact) mass is 288 g/mol. The molecule has 0 saturated heterocycles. The lowest BCUT2D eigenvalue weighted by Crippen LogP contribution is -2.12. The van der Waals surface area contributed by atoms with Crippen LogP contribution < -0.4 is 0 Å². The SMILES string of the molecule is Cn1ccnc1CCOC(=O)C1CC1c1ccc(F)cc1. The molecule has 1 aliphatic carbocycles. The van der Waals surface area contributed by atoms with Crippen LogP contribution in [0.2, 0.25) is 0 Å². The number of imidazole rings is 1. The fourth-order valence-electron chi connectivity index (χ4n) is 2.52. The summed E-state index contributed by atoms with van der Waals surface area (Å²) in [7, 11) is 1.91. The Bertz CT molecular complexity index is 636. The molecule has 1 heterocycles. The van der Waals surface area contributed by atoms with E-state index in [2.05, 4.69) is 4.98 Å². The van der Waals surface area contributed by atoms with Gasteiger partial charge in [-0.1, -0.05) is 12.1 Å². The number of carbonyl (C=O) groups is 1. The van der Waals surface area contributed by atoms with E-state index in [1.807, 2.05) is 17.8 Å². The van der Waals surface area contributed by atoms with Gasteiger partial charge in [-0.25, -0.2) is 9.37 Å². The van der Waals surface area contributed by atoms with Crippen molar-refractivity contribution in [3.8, 4) is 0 Å². The van der Waals surface area contributed by atoms with Crippen LogP contribution in [0, 0.1) is 11.7 Å². The molecule has 1 aliphatic rings. The van der Waals surface area contributed by atoms with Crippen LogP contribution >= 0.6 is 0 Å². The van der Waals surface area contributed by atoms with Crippen molar-refractivity contribution in [1.29, 1.82) is 0 Å². The lowest BCUT2D eigenvalue weighted by atomic mass is 10.1. The smallest absolute Gasteiger partial charge is 0.309 e. The van der Waals surface area contributed by atoms with Gasteiger partial charge in [0.25, 0.3) is 0 Å². The van der Waals surface area contributed by atoms with Crippen LogP contribution in [0.1, 0.15) is 23.7 Å². The van der Waals surface area contributed by atoms with E-state index >= 15 is 0 Å². The molecule has 0 bridgehead atoms. The summed E-state index contributed by atoms with van der Waals surface area (Å²) in [5, 5.41) is 0. The predicted molar refractivity (Wildman–Crippen MR) is 75.1 cm³/mol. The Labute approximate surface area is 122 Å². The van der Waals surface area contributed by atoms with Crippen LogP contribution in [0.15, 0.2) is 36.7 Å². The molecule has 2 unspecified atom stereocenters. The second-order valence-electron chi connectivity index (χ2n) is 5.37. The summed E-state index contributed by atoms with van der Waals surface area (Å²) in [5.74, 6) is 0.559. The minimum atomic E-state index is -0.256. The van der Waals surface area contributed by atoms with Crippen molar-refractivity contribution >= 4 is 5.97 Å². The third kappa shape index (κ3) is 3.12. The highest BCUT2D eigenvalue weighted by Gasteiger charge is 2.45. The molecule has 2 atom stereocenters. The average molecular weight is 288 g/mol. The van der Waals surface area contributed by atoms with Gasteiger partial charge in [-0.05, 0) is 30.0 Å². The molecule has 4 nitrogen and oxygen atoms in total. The highest BCUT2D eigenvalue weighted by molar-refractivity contribution is 5.77. The van der Waals surface area contributed by atoms with E-state index < -0.39 is 0 Å². The van der Waals surface area contributed by atoms with Crippen molar-refractivity contribution in [2.45, 2.75) is 18.8 Å². The molecule has 1 fully saturated rings. The molecule has 3 rings (SSSR count). The molecule has 0 aliphatic heterocycles. The first-order valence-corrected chi connectivity index (χ1v) is 7.03. The van der Waals surface area contributed by atoms with Gasteiger partial charge in [0.1, 0.15) is 11.6 Å². The second-order valence-corrected chi connectivity index (χ2v) is 5.37. The number of carbonyl (C=O) groups excluding carboxylic acids is 1. The van der Waals surface area contributed by atoms with E-state index in [-0.39, 0.29) is 23.6 Å². The van der Waals surface area contributed by atoms with Crippen molar-refractivity contribution in [2.24, 2.45) is 13.0 Å². The molecule has 0 spiro atoms. The molecule has 1 saturated carbocycles. The first-order valence-electron chi connectivity index (χ1n) is 7.03. The quantitative estimate of drug-likeness (QED) is 0.794. The fourth-order valence-corrected chi connectivity index (χ4v) is 2.52. The van der Waals surface area contributed by atoms with Gasteiger partial charge >= 0.3 is 5.97 Å². The molecule has 2 aromatic rings. The number of aryl methyl sites for hydroxylation is 1. The summed E-state index contributed by atoms with van der Waals surface area (Å²) >= 11 is 0. The van der Waals surface area contributed by atoms with Gasteiger partial charge in [0.05, 0.1) is 12.5 Å². The standard InChI is InChI=1S/C16H17FN2O2/c1-19-8-7-18-15(19)6-9-21-16(20)14-10-13(14)11-2-4-12(17)5-3-11/h2-5,7-8,13-14H,6,9-10H2,1H3. The number of ether oxygens (including phenoxy) is 1. The van der Waals surface area contributed by atoms with Crippen LogP contribution in [-0.4, -0.2) is 22.1 Å². The largest absolute Gasteiger partial charge is 0.465 e. The highest BCUT2D eigenvalue weighted by atomic mass is 19.1. The van der Waals surface area contributed by atoms with Gasteiger partial charge in [-0.2, -0.15) is 0 Å². The minimum absolute atomic E-state index is 0.0863. The molecule has 1 aromatic carbocycles. The zero-order valence-electron chi connectivity index (χ0n) is 11.8. The summed E-state index contributed by atoms with van der Waals surface area (Å²) in [4.78, 5) is 16.1. The van der Waals surface area contributed by atoms with E-state index in [9.17, 15) is 9.18 Å². The number of esters is 1. The number of rotatable bonds is 5. The molecule has 21 heavy (non-hydrogen) atoms. The van der Waals surface area contributed by atoms with Gasteiger partial charge in [0.2, 0.25) is 0 Å². The van der Waals surface area contributed by atoms with Crippen molar-refractivity contribution in [1.82, 2.24) is 9.55 Å². The number of halogens is 1. The van der Waals surface area contributed by atoms with E-state index in [1.165, 1.54) is 12.1 Å². The average Bonchev–Trinajstić information content (AvgIpc) is 3.17. The van der Waals surface area contributed by atoms with Gasteiger partial charge in [0, 0.05) is 25.9 Å². The van der Waals surface area contributed by atoms with Crippen molar-refractivity contribution in [3.63, 3.8) is 0 Å². The molecule has 1 aromatic heterocycles. The van der Waals surface area contributed by atoms with Crippen molar-refractivity contribution in [3.05, 3.63) is 53.9 Å². The maximum absolute atomic E-state index is 12.9. The van der Waals surface area contributed by atoms with Crippen molar-refractivity contribution in [2.75, 3.05) is 6.61 Å². The number of hydrogen-bond acceptors (Lipinski definition) is 3. The predicted octanol–water partition coefficient (Wildman–Crippen LogP) is 2.45. The zero-order chi connectivity index (χ0) is 14.8. The number of benzene rings is 1. The van der Waals surface area contributed by atoms with E-state index in [1.54, 1.807) is 18.3 Å². The Balaban J connectivity index is 1.47. The van der Waals surface area contributed by atoms with Crippen LogP contribution in [0.5, 0.6) is 0 Å². The molecule has 5 heteroatoms. The summed E-state index contributed by atoms with van der Waals surface area (Å²) < 4.78 is 20.1. The molecule has 0 amide bonds. The maximum atomic E-state index is 12.9. The highest BCUT2D eigenvalue weighted by Crippen LogP contribution is 2.48. The van der Waals surface area contributed by atoms with E-state index in [4.69, 9.17) is 4.74 Å². The summed E-state index contributed by atoms with van der Waals surface area (Å²) in [5.41, 5.74) is 1.00. The molecule has 0 N–H and O–H groups in total. The Hall–Kier alpha value is -2.17. The number of aromatic nitrogens is 2. The van der Waals surface area contributed by atoms with Gasteiger partial charge in [-0.15, -0.1) is 0 Å². The summed E-state index contributed by atoms with van der Waals surface area (Å²) in [6.45, 7) is 0.344. The zero-order valence-corrected chi connectivity index (χ0v) is 11.8. The molecule has 110 valence electrons. The third-order valence-corrected chi connectivity index (χ3v) is 3.88. The van der Waals surface area contributed by atoms with E-state index in [0.29, 0.717) is 13.0 Å². The summed E-state index contributed by atoms with van der Waals surface area (Å²) in [6.07, 6.45) is 4.99.